The van der Waals surface area contributed by atoms with E-state index < -0.39 is 0 Å². The zero-order valence-electron chi connectivity index (χ0n) is 7.01. The summed E-state index contributed by atoms with van der Waals surface area (Å²) in [4.78, 5) is 5.52. The van der Waals surface area contributed by atoms with Crippen LogP contribution >= 0.6 is 11.8 Å². The average Bonchev–Trinajstić information content (AvgIpc) is 2.04. The molecular weight excluding hydrogens is 156 g/mol. The van der Waals surface area contributed by atoms with Crippen LogP contribution in [-0.2, 0) is 0 Å². The Labute approximate surface area is 71.4 Å². The first-order valence-electron chi connectivity index (χ1n) is 3.47. The summed E-state index contributed by atoms with van der Waals surface area (Å²) >= 11 is 1.70. The van der Waals surface area contributed by atoms with E-state index in [-0.39, 0.29) is 0 Å². The van der Waals surface area contributed by atoms with E-state index >= 15 is 0 Å². The fraction of sp³-hybridized carbons (Fsp3) is 0.375. The number of aryl methyl sites for hydroxylation is 1. The van der Waals surface area contributed by atoms with Crippen molar-refractivity contribution >= 4 is 17.6 Å². The van der Waals surface area contributed by atoms with Gasteiger partial charge in [0, 0.05) is 17.6 Å². The minimum Gasteiger partial charge on any atom is -0.372 e. The van der Waals surface area contributed by atoms with Gasteiger partial charge in [0.15, 0.2) is 0 Å². The standard InChI is InChI=1S/C8H12N2S/c1-6-4-5-7(11-3)8(9-2)10-6/h4-5H,1-3H3,(H,9,10). The zero-order valence-corrected chi connectivity index (χ0v) is 7.83. The third kappa shape index (κ3) is 1.87. The topological polar surface area (TPSA) is 24.9 Å². The van der Waals surface area contributed by atoms with Crippen molar-refractivity contribution < 1.29 is 0 Å². The number of pyridine rings is 1. The van der Waals surface area contributed by atoms with Crippen LogP contribution in [0.5, 0.6) is 0 Å². The second-order valence-electron chi connectivity index (χ2n) is 2.25. The molecular formula is C8H12N2S. The molecule has 1 rings (SSSR count). The molecule has 0 aliphatic heterocycles. The molecule has 0 unspecified atom stereocenters. The van der Waals surface area contributed by atoms with Crippen LogP contribution in [0.2, 0.25) is 0 Å². The molecule has 1 aromatic heterocycles. The number of nitrogens with zero attached hydrogens (tertiary/aromatic N) is 1. The average molecular weight is 168 g/mol. The SMILES string of the molecule is CNc1nc(C)ccc1SC. The molecule has 0 saturated carbocycles. The van der Waals surface area contributed by atoms with Crippen molar-refractivity contribution in [2.24, 2.45) is 0 Å². The van der Waals surface area contributed by atoms with Crippen molar-refractivity contribution in [2.45, 2.75) is 11.8 Å². The Morgan fingerprint density at radius 1 is 1.45 bits per heavy atom. The molecule has 0 fully saturated rings. The maximum atomic E-state index is 4.33. The first kappa shape index (κ1) is 8.40. The molecule has 0 spiro atoms. The van der Waals surface area contributed by atoms with Gasteiger partial charge in [0.2, 0.25) is 0 Å². The number of hydrogen-bond donors (Lipinski definition) is 1. The predicted molar refractivity (Wildman–Crippen MR) is 50.3 cm³/mol. The third-order valence-corrected chi connectivity index (χ3v) is 2.22. The number of nitrogens with one attached hydrogen (secondary N) is 1. The van der Waals surface area contributed by atoms with E-state index in [4.69, 9.17) is 0 Å². The monoisotopic (exact) mass is 168 g/mol. The lowest BCUT2D eigenvalue weighted by Crippen LogP contribution is -1.95. The van der Waals surface area contributed by atoms with Crippen molar-refractivity contribution in [3.63, 3.8) is 0 Å². The summed E-state index contributed by atoms with van der Waals surface area (Å²) in [6.07, 6.45) is 2.05. The van der Waals surface area contributed by atoms with Crippen LogP contribution in [0.15, 0.2) is 17.0 Å². The highest BCUT2D eigenvalue weighted by molar-refractivity contribution is 7.98. The van der Waals surface area contributed by atoms with E-state index in [1.165, 1.54) is 4.90 Å². The summed E-state index contributed by atoms with van der Waals surface area (Å²) in [6.45, 7) is 1.99. The molecule has 0 aliphatic rings. The van der Waals surface area contributed by atoms with Crippen LogP contribution in [0, 0.1) is 6.92 Å². The van der Waals surface area contributed by atoms with Gasteiger partial charge in [-0.05, 0) is 25.3 Å². The Morgan fingerprint density at radius 2 is 2.18 bits per heavy atom. The normalized spacial score (nSPS) is 9.73. The minimum atomic E-state index is 0.970. The molecule has 0 saturated heterocycles. The zero-order chi connectivity index (χ0) is 8.27. The smallest absolute Gasteiger partial charge is 0.139 e. The molecule has 1 N–H and O–H groups in total. The van der Waals surface area contributed by atoms with Crippen molar-refractivity contribution in [1.82, 2.24) is 4.98 Å². The van der Waals surface area contributed by atoms with Crippen LogP contribution in [-0.4, -0.2) is 18.3 Å². The van der Waals surface area contributed by atoms with E-state index in [9.17, 15) is 0 Å². The molecule has 2 nitrogen and oxygen atoms in total. The van der Waals surface area contributed by atoms with Crippen LogP contribution in [0.3, 0.4) is 0 Å². The van der Waals surface area contributed by atoms with Crippen LogP contribution < -0.4 is 5.32 Å². The van der Waals surface area contributed by atoms with Crippen LogP contribution in [0.25, 0.3) is 0 Å². The Bertz CT molecular complexity index is 248. The number of anilines is 1. The molecule has 0 radical (unpaired) electrons. The molecule has 1 heterocycles. The summed E-state index contributed by atoms with van der Waals surface area (Å²) in [6, 6.07) is 4.10. The second-order valence-corrected chi connectivity index (χ2v) is 3.10. The lowest BCUT2D eigenvalue weighted by atomic mass is 10.4. The van der Waals surface area contributed by atoms with E-state index in [1.807, 2.05) is 26.3 Å². The van der Waals surface area contributed by atoms with Gasteiger partial charge in [-0.25, -0.2) is 4.98 Å². The fourth-order valence-corrected chi connectivity index (χ4v) is 1.43. The lowest BCUT2D eigenvalue weighted by molar-refractivity contribution is 1.14. The number of hydrogen-bond acceptors (Lipinski definition) is 3. The first-order chi connectivity index (χ1) is 5.27. The van der Waals surface area contributed by atoms with E-state index in [1.54, 1.807) is 11.8 Å². The molecule has 0 bridgehead atoms. The van der Waals surface area contributed by atoms with E-state index in [0.29, 0.717) is 0 Å². The lowest BCUT2D eigenvalue weighted by Gasteiger charge is -2.05. The molecule has 0 aliphatic carbocycles. The summed E-state index contributed by atoms with van der Waals surface area (Å²) in [5.74, 6) is 0.970. The van der Waals surface area contributed by atoms with E-state index in [0.717, 1.165) is 11.5 Å². The second kappa shape index (κ2) is 3.62. The molecule has 11 heavy (non-hydrogen) atoms. The van der Waals surface area contributed by atoms with Crippen LogP contribution in [0.1, 0.15) is 5.69 Å². The Morgan fingerprint density at radius 3 is 2.73 bits per heavy atom. The number of thioether (sulfide) groups is 1. The van der Waals surface area contributed by atoms with Crippen molar-refractivity contribution in [3.05, 3.63) is 17.8 Å². The third-order valence-electron chi connectivity index (χ3n) is 1.45. The van der Waals surface area contributed by atoms with Gasteiger partial charge in [-0.15, -0.1) is 11.8 Å². The Balaban J connectivity index is 3.06. The molecule has 0 amide bonds. The molecule has 60 valence electrons. The van der Waals surface area contributed by atoms with Crippen molar-refractivity contribution in [2.75, 3.05) is 18.6 Å². The van der Waals surface area contributed by atoms with Gasteiger partial charge in [0.25, 0.3) is 0 Å². The van der Waals surface area contributed by atoms with Gasteiger partial charge in [-0.2, -0.15) is 0 Å². The largest absolute Gasteiger partial charge is 0.372 e. The minimum absolute atomic E-state index is 0.970. The van der Waals surface area contributed by atoms with Gasteiger partial charge in [-0.1, -0.05) is 0 Å². The van der Waals surface area contributed by atoms with Gasteiger partial charge in [-0.3, -0.25) is 0 Å². The Kier molecular flexibility index (Phi) is 2.76. The maximum absolute atomic E-state index is 4.33. The summed E-state index contributed by atoms with van der Waals surface area (Å²) < 4.78 is 0. The fourth-order valence-electron chi connectivity index (χ4n) is 0.888. The predicted octanol–water partition coefficient (Wildman–Crippen LogP) is 2.15. The summed E-state index contributed by atoms with van der Waals surface area (Å²) in [5, 5.41) is 3.06. The summed E-state index contributed by atoms with van der Waals surface area (Å²) in [7, 11) is 1.89. The number of rotatable bonds is 2. The van der Waals surface area contributed by atoms with Crippen molar-refractivity contribution in [1.29, 1.82) is 0 Å². The van der Waals surface area contributed by atoms with Crippen LogP contribution in [0.4, 0.5) is 5.82 Å². The summed E-state index contributed by atoms with van der Waals surface area (Å²) in [5.41, 5.74) is 1.05. The quantitative estimate of drug-likeness (QED) is 0.685. The Hall–Kier alpha value is -0.700. The maximum Gasteiger partial charge on any atom is 0.139 e. The number of aromatic nitrogens is 1. The van der Waals surface area contributed by atoms with E-state index in [2.05, 4.69) is 16.4 Å². The highest BCUT2D eigenvalue weighted by Crippen LogP contribution is 2.22. The molecule has 0 aromatic carbocycles. The van der Waals surface area contributed by atoms with Gasteiger partial charge < -0.3 is 5.32 Å². The first-order valence-corrected chi connectivity index (χ1v) is 4.70. The van der Waals surface area contributed by atoms with Crippen molar-refractivity contribution in [3.8, 4) is 0 Å². The van der Waals surface area contributed by atoms with Gasteiger partial charge >= 0.3 is 0 Å². The molecule has 1 aromatic rings. The highest BCUT2D eigenvalue weighted by atomic mass is 32.2. The van der Waals surface area contributed by atoms with Gasteiger partial charge in [0.05, 0.1) is 0 Å². The molecule has 0 atom stereocenters. The van der Waals surface area contributed by atoms with Gasteiger partial charge in [0.1, 0.15) is 5.82 Å². The highest BCUT2D eigenvalue weighted by Gasteiger charge is 1.99. The molecule has 3 heteroatoms.